The minimum atomic E-state index is -0.394. The zero-order valence-electron chi connectivity index (χ0n) is 14.4. The van der Waals surface area contributed by atoms with Crippen LogP contribution in [0, 0.1) is 5.92 Å². The molecule has 1 fully saturated rings. The molecule has 1 unspecified atom stereocenters. The van der Waals surface area contributed by atoms with Gasteiger partial charge in [0.05, 0.1) is 12.7 Å². The number of anilines is 2. The Labute approximate surface area is 146 Å². The van der Waals surface area contributed by atoms with Crippen molar-refractivity contribution >= 4 is 17.5 Å². The summed E-state index contributed by atoms with van der Waals surface area (Å²) in [5.74, 6) is 1.78. The van der Waals surface area contributed by atoms with Gasteiger partial charge in [-0.2, -0.15) is 4.98 Å². The van der Waals surface area contributed by atoms with Gasteiger partial charge in [-0.15, -0.1) is 0 Å². The number of benzene rings is 1. The van der Waals surface area contributed by atoms with Crippen molar-refractivity contribution in [1.29, 1.82) is 0 Å². The van der Waals surface area contributed by atoms with E-state index in [0.29, 0.717) is 34.6 Å². The second kappa shape index (κ2) is 7.38. The predicted octanol–water partition coefficient (Wildman–Crippen LogP) is 2.87. The Hall–Kier alpha value is -2.83. The van der Waals surface area contributed by atoms with E-state index in [2.05, 4.69) is 26.5 Å². The fourth-order valence-electron chi connectivity index (χ4n) is 2.97. The molecule has 0 amide bonds. The van der Waals surface area contributed by atoms with Gasteiger partial charge in [-0.1, -0.05) is 6.92 Å². The van der Waals surface area contributed by atoms with E-state index in [9.17, 15) is 4.79 Å². The molecule has 2 N–H and O–H groups in total. The number of piperidine rings is 1. The topological polar surface area (TPSA) is 90.6 Å². The first-order valence-corrected chi connectivity index (χ1v) is 8.30. The minimum Gasteiger partial charge on any atom is -0.465 e. The van der Waals surface area contributed by atoms with Crippen LogP contribution in [0.15, 0.2) is 30.6 Å². The van der Waals surface area contributed by atoms with Gasteiger partial charge in [0.1, 0.15) is 17.8 Å². The first-order chi connectivity index (χ1) is 12.1. The highest BCUT2D eigenvalue weighted by molar-refractivity contribution is 5.89. The maximum absolute atomic E-state index is 11.5. The number of hydrogen-bond donors (Lipinski definition) is 1. The molecule has 1 saturated heterocycles. The number of carbonyl (C=O) groups excluding carboxylic acids is 1. The van der Waals surface area contributed by atoms with E-state index < -0.39 is 5.97 Å². The molecule has 1 atom stereocenters. The zero-order valence-corrected chi connectivity index (χ0v) is 14.4. The molecule has 0 spiro atoms. The van der Waals surface area contributed by atoms with Crippen LogP contribution in [0.4, 0.5) is 11.5 Å². The number of ether oxygens (including phenoxy) is 2. The van der Waals surface area contributed by atoms with Crippen LogP contribution in [0.25, 0.3) is 0 Å². The lowest BCUT2D eigenvalue weighted by molar-refractivity contribution is 0.0600. The summed E-state index contributed by atoms with van der Waals surface area (Å²) in [5.41, 5.74) is 7.12. The summed E-state index contributed by atoms with van der Waals surface area (Å²) in [6.07, 6.45) is 3.80. The summed E-state index contributed by atoms with van der Waals surface area (Å²) < 4.78 is 10.5. The molecule has 0 aliphatic carbocycles. The average Bonchev–Trinajstić information content (AvgIpc) is 2.63. The van der Waals surface area contributed by atoms with Gasteiger partial charge in [-0.05, 0) is 43.0 Å². The lowest BCUT2D eigenvalue weighted by Gasteiger charge is -2.32. The first kappa shape index (κ1) is 17.0. The number of nitrogen functional groups attached to an aromatic ring is 1. The Morgan fingerprint density at radius 2 is 2.04 bits per heavy atom. The average molecular weight is 342 g/mol. The van der Waals surface area contributed by atoms with E-state index in [1.165, 1.54) is 19.9 Å². The summed E-state index contributed by atoms with van der Waals surface area (Å²) in [5, 5.41) is 0. The van der Waals surface area contributed by atoms with Crippen molar-refractivity contribution in [3.63, 3.8) is 0 Å². The molecule has 2 heterocycles. The van der Waals surface area contributed by atoms with Gasteiger partial charge in [0, 0.05) is 13.1 Å². The molecule has 7 heteroatoms. The van der Waals surface area contributed by atoms with Crippen LogP contribution in [-0.2, 0) is 4.74 Å². The van der Waals surface area contributed by atoms with Crippen molar-refractivity contribution in [2.24, 2.45) is 5.92 Å². The van der Waals surface area contributed by atoms with Crippen LogP contribution in [0.2, 0.25) is 0 Å². The zero-order chi connectivity index (χ0) is 17.8. The second-order valence-corrected chi connectivity index (χ2v) is 6.23. The lowest BCUT2D eigenvalue weighted by Crippen LogP contribution is -2.35. The van der Waals surface area contributed by atoms with Crippen LogP contribution >= 0.6 is 0 Å². The van der Waals surface area contributed by atoms with E-state index in [1.807, 2.05) is 0 Å². The second-order valence-electron chi connectivity index (χ2n) is 6.23. The van der Waals surface area contributed by atoms with Crippen LogP contribution in [0.3, 0.4) is 0 Å². The van der Waals surface area contributed by atoms with E-state index in [1.54, 1.807) is 24.3 Å². The highest BCUT2D eigenvalue weighted by atomic mass is 16.5. The van der Waals surface area contributed by atoms with Crippen molar-refractivity contribution in [2.75, 3.05) is 30.8 Å². The Morgan fingerprint density at radius 1 is 1.28 bits per heavy atom. The Morgan fingerprint density at radius 3 is 2.72 bits per heavy atom. The third-order valence-electron chi connectivity index (χ3n) is 4.27. The number of nitrogens with zero attached hydrogens (tertiary/aromatic N) is 3. The van der Waals surface area contributed by atoms with Gasteiger partial charge >= 0.3 is 5.97 Å². The van der Waals surface area contributed by atoms with Crippen molar-refractivity contribution in [3.8, 4) is 11.6 Å². The van der Waals surface area contributed by atoms with E-state index in [0.717, 1.165) is 19.5 Å². The number of nitrogens with two attached hydrogens (primary N) is 1. The van der Waals surface area contributed by atoms with Crippen molar-refractivity contribution in [2.45, 2.75) is 19.8 Å². The summed E-state index contributed by atoms with van der Waals surface area (Å²) in [6.45, 7) is 4.08. The third-order valence-corrected chi connectivity index (χ3v) is 4.27. The normalized spacial score (nSPS) is 17.2. The molecule has 3 rings (SSSR count). The molecule has 1 aliphatic heterocycles. The number of methoxy groups -OCH3 is 1. The first-order valence-electron chi connectivity index (χ1n) is 8.30. The van der Waals surface area contributed by atoms with Crippen molar-refractivity contribution in [1.82, 2.24) is 9.97 Å². The monoisotopic (exact) mass is 342 g/mol. The summed E-state index contributed by atoms with van der Waals surface area (Å²) in [6, 6.07) is 6.62. The van der Waals surface area contributed by atoms with Crippen LogP contribution in [-0.4, -0.2) is 36.1 Å². The molecule has 7 nitrogen and oxygen atoms in total. The lowest BCUT2D eigenvalue weighted by atomic mass is 10.0. The fraction of sp³-hybridized carbons (Fsp3) is 0.389. The Kier molecular flexibility index (Phi) is 5.02. The molecule has 0 saturated carbocycles. The van der Waals surface area contributed by atoms with Gasteiger partial charge < -0.3 is 20.1 Å². The summed E-state index contributed by atoms with van der Waals surface area (Å²) >= 11 is 0. The smallest absolute Gasteiger partial charge is 0.337 e. The number of hydrogen-bond acceptors (Lipinski definition) is 7. The van der Waals surface area contributed by atoms with Crippen molar-refractivity contribution in [3.05, 3.63) is 36.2 Å². The largest absolute Gasteiger partial charge is 0.465 e. The van der Waals surface area contributed by atoms with Gasteiger partial charge in [0.15, 0.2) is 5.82 Å². The summed E-state index contributed by atoms with van der Waals surface area (Å²) in [7, 11) is 1.34. The highest BCUT2D eigenvalue weighted by Crippen LogP contribution is 2.33. The molecular weight excluding hydrogens is 320 g/mol. The maximum Gasteiger partial charge on any atom is 0.337 e. The molecule has 25 heavy (non-hydrogen) atoms. The van der Waals surface area contributed by atoms with Gasteiger partial charge in [0.25, 0.3) is 0 Å². The van der Waals surface area contributed by atoms with Crippen molar-refractivity contribution < 1.29 is 14.3 Å². The number of rotatable bonds is 4. The third kappa shape index (κ3) is 3.81. The predicted molar refractivity (Wildman–Crippen MR) is 94.9 cm³/mol. The quantitative estimate of drug-likeness (QED) is 0.854. The van der Waals surface area contributed by atoms with E-state index in [4.69, 9.17) is 10.5 Å². The molecule has 1 aromatic heterocycles. The van der Waals surface area contributed by atoms with E-state index in [-0.39, 0.29) is 0 Å². The minimum absolute atomic E-state index is 0.314. The molecule has 0 radical (unpaired) electrons. The molecule has 2 aromatic rings. The van der Waals surface area contributed by atoms with Crippen LogP contribution in [0.5, 0.6) is 11.6 Å². The molecule has 0 bridgehead atoms. The fourth-order valence-corrected chi connectivity index (χ4v) is 2.97. The molecular formula is C18H22N4O3. The molecule has 1 aliphatic rings. The van der Waals surface area contributed by atoms with Crippen LogP contribution in [0.1, 0.15) is 30.1 Å². The number of carbonyl (C=O) groups is 1. The van der Waals surface area contributed by atoms with Crippen LogP contribution < -0.4 is 15.4 Å². The molecule has 132 valence electrons. The highest BCUT2D eigenvalue weighted by Gasteiger charge is 2.21. The van der Waals surface area contributed by atoms with Gasteiger partial charge in [-0.25, -0.2) is 9.78 Å². The number of aromatic nitrogens is 2. The maximum atomic E-state index is 11.5. The number of esters is 1. The molecule has 1 aromatic carbocycles. The Balaban J connectivity index is 1.79. The SMILES string of the molecule is COC(=O)c1ccc(Oc2ncnc(N3CCCC(C)C3)c2N)cc1. The Bertz CT molecular complexity index is 748. The van der Waals surface area contributed by atoms with Gasteiger partial charge in [-0.3, -0.25) is 0 Å². The summed E-state index contributed by atoms with van der Waals surface area (Å²) in [4.78, 5) is 22.1. The van der Waals surface area contributed by atoms with Gasteiger partial charge in [0.2, 0.25) is 5.88 Å². The van der Waals surface area contributed by atoms with E-state index >= 15 is 0 Å². The standard InChI is InChI=1S/C18H22N4O3/c1-12-4-3-9-22(10-12)16-15(19)17(21-11-20-16)25-14-7-5-13(6-8-14)18(23)24-2/h5-8,11-12H,3-4,9-10,19H2,1-2H3.